The summed E-state index contributed by atoms with van der Waals surface area (Å²) in [4.78, 5) is 16.4. The molecule has 1 saturated heterocycles. The van der Waals surface area contributed by atoms with Gasteiger partial charge in [-0.1, -0.05) is 12.1 Å². The fourth-order valence-corrected chi connectivity index (χ4v) is 4.26. The van der Waals surface area contributed by atoms with Gasteiger partial charge in [0.05, 0.1) is 5.75 Å². The summed E-state index contributed by atoms with van der Waals surface area (Å²) in [5.74, 6) is 0.133. The van der Waals surface area contributed by atoms with Gasteiger partial charge in [0.15, 0.2) is 0 Å². The average Bonchev–Trinajstić information content (AvgIpc) is 2.61. The molecule has 25 heavy (non-hydrogen) atoms. The van der Waals surface area contributed by atoms with Crippen LogP contribution in [0.5, 0.6) is 0 Å². The molecular formula is C18H29N3O3S. The van der Waals surface area contributed by atoms with Crippen LogP contribution in [0.15, 0.2) is 24.3 Å². The second-order valence-electron chi connectivity index (χ2n) is 6.83. The van der Waals surface area contributed by atoms with E-state index in [1.54, 1.807) is 11.8 Å². The van der Waals surface area contributed by atoms with Gasteiger partial charge in [-0.05, 0) is 37.5 Å². The van der Waals surface area contributed by atoms with Crippen molar-refractivity contribution in [2.45, 2.75) is 26.3 Å². The van der Waals surface area contributed by atoms with E-state index in [9.17, 15) is 13.2 Å². The Morgan fingerprint density at radius 1 is 1.12 bits per heavy atom. The molecule has 7 heteroatoms. The van der Waals surface area contributed by atoms with Gasteiger partial charge in [-0.3, -0.25) is 4.79 Å². The van der Waals surface area contributed by atoms with Crippen molar-refractivity contribution < 1.29 is 13.2 Å². The Morgan fingerprint density at radius 2 is 1.68 bits per heavy atom. The molecule has 1 aromatic rings. The molecule has 0 atom stereocenters. The zero-order valence-corrected chi connectivity index (χ0v) is 16.4. The summed E-state index contributed by atoms with van der Waals surface area (Å²) in [7, 11) is 2.66. The number of carbonyl (C=O) groups excluding carboxylic acids is 1. The second-order valence-corrected chi connectivity index (χ2v) is 9.09. The van der Waals surface area contributed by atoms with Gasteiger partial charge in [-0.15, -0.1) is 0 Å². The van der Waals surface area contributed by atoms with Crippen LogP contribution in [0.25, 0.3) is 0 Å². The first-order chi connectivity index (χ1) is 11.7. The minimum absolute atomic E-state index is 0.0886. The van der Waals surface area contributed by atoms with Crippen LogP contribution in [-0.2, 0) is 21.4 Å². The molecule has 0 bridgehead atoms. The van der Waals surface area contributed by atoms with Gasteiger partial charge in [0.25, 0.3) is 0 Å². The summed E-state index contributed by atoms with van der Waals surface area (Å²) >= 11 is 0. The van der Waals surface area contributed by atoms with Gasteiger partial charge >= 0.3 is 0 Å². The highest BCUT2D eigenvalue weighted by Crippen LogP contribution is 2.22. The van der Waals surface area contributed by atoms with Crippen molar-refractivity contribution in [3.63, 3.8) is 0 Å². The molecule has 1 heterocycles. The summed E-state index contributed by atoms with van der Waals surface area (Å²) in [6, 6.07) is 8.16. The Hall–Kier alpha value is -1.60. The van der Waals surface area contributed by atoms with E-state index in [2.05, 4.69) is 0 Å². The minimum Gasteiger partial charge on any atom is -0.378 e. The van der Waals surface area contributed by atoms with E-state index in [0.29, 0.717) is 32.5 Å². The monoisotopic (exact) mass is 367 g/mol. The van der Waals surface area contributed by atoms with E-state index in [1.165, 1.54) is 4.31 Å². The molecule has 1 aliphatic rings. The molecule has 0 N–H and O–H groups in total. The molecule has 1 aliphatic heterocycles. The number of benzene rings is 1. The van der Waals surface area contributed by atoms with Crippen LogP contribution >= 0.6 is 0 Å². The lowest BCUT2D eigenvalue weighted by Crippen LogP contribution is -2.43. The van der Waals surface area contributed by atoms with Gasteiger partial charge in [-0.25, -0.2) is 12.7 Å². The first kappa shape index (κ1) is 19.7. The Balaban J connectivity index is 1.90. The third kappa shape index (κ3) is 4.95. The number of rotatable bonds is 6. The zero-order chi connectivity index (χ0) is 18.6. The van der Waals surface area contributed by atoms with E-state index in [1.807, 2.05) is 50.3 Å². The van der Waals surface area contributed by atoms with E-state index >= 15 is 0 Å². The number of hydrogen-bond donors (Lipinski definition) is 0. The lowest BCUT2D eigenvalue weighted by molar-refractivity contribution is -0.135. The second kappa shape index (κ2) is 8.19. The quantitative estimate of drug-likeness (QED) is 0.769. The van der Waals surface area contributed by atoms with E-state index in [0.717, 1.165) is 11.3 Å². The zero-order valence-electron chi connectivity index (χ0n) is 15.6. The number of sulfonamides is 1. The van der Waals surface area contributed by atoms with Crippen LogP contribution in [0, 0.1) is 5.92 Å². The number of carbonyl (C=O) groups is 1. The Morgan fingerprint density at radius 3 is 2.16 bits per heavy atom. The molecule has 0 saturated carbocycles. The summed E-state index contributed by atoms with van der Waals surface area (Å²) in [5, 5.41) is 0. The largest absolute Gasteiger partial charge is 0.378 e. The first-order valence-corrected chi connectivity index (χ1v) is 10.3. The minimum atomic E-state index is -3.15. The molecule has 0 aromatic heterocycles. The highest BCUT2D eigenvalue weighted by molar-refractivity contribution is 7.89. The number of nitrogens with zero attached hydrogens (tertiary/aromatic N) is 3. The standard InChI is InChI=1S/C18H29N3O3S/c1-5-25(23,24)21-12-10-16(11-13-21)18(22)20(4)14-15-6-8-17(9-7-15)19(2)3/h6-9,16H,5,10-14H2,1-4H3. The van der Waals surface area contributed by atoms with E-state index in [4.69, 9.17) is 0 Å². The molecule has 0 unspecified atom stereocenters. The first-order valence-electron chi connectivity index (χ1n) is 8.73. The van der Waals surface area contributed by atoms with Gasteiger partial charge in [0, 0.05) is 52.4 Å². The predicted octanol–water partition coefficient (Wildman–Crippen LogP) is 1.77. The summed E-state index contributed by atoms with van der Waals surface area (Å²) in [6.45, 7) is 3.11. The van der Waals surface area contributed by atoms with Gasteiger partial charge in [0.1, 0.15) is 0 Å². The molecule has 6 nitrogen and oxygen atoms in total. The maximum absolute atomic E-state index is 12.7. The predicted molar refractivity (Wildman–Crippen MR) is 101 cm³/mol. The average molecular weight is 368 g/mol. The lowest BCUT2D eigenvalue weighted by Gasteiger charge is -2.32. The van der Waals surface area contributed by atoms with Crippen LogP contribution in [-0.4, -0.2) is 63.5 Å². The lowest BCUT2D eigenvalue weighted by atomic mass is 9.96. The van der Waals surface area contributed by atoms with Crippen molar-refractivity contribution in [1.29, 1.82) is 0 Å². The summed E-state index contributed by atoms with van der Waals surface area (Å²) in [5.41, 5.74) is 2.22. The fraction of sp³-hybridized carbons (Fsp3) is 0.611. The third-order valence-electron chi connectivity index (χ3n) is 4.81. The normalized spacial score (nSPS) is 16.6. The molecule has 140 valence electrons. The van der Waals surface area contributed by atoms with Crippen LogP contribution in [0.2, 0.25) is 0 Å². The van der Waals surface area contributed by atoms with Crippen molar-refractivity contribution in [2.24, 2.45) is 5.92 Å². The van der Waals surface area contributed by atoms with Crippen molar-refractivity contribution in [2.75, 3.05) is 44.9 Å². The molecular weight excluding hydrogens is 338 g/mol. The SMILES string of the molecule is CCS(=O)(=O)N1CCC(C(=O)N(C)Cc2ccc(N(C)C)cc2)CC1. The molecule has 1 fully saturated rings. The molecule has 1 amide bonds. The molecule has 1 aromatic carbocycles. The topological polar surface area (TPSA) is 60.9 Å². The maximum Gasteiger partial charge on any atom is 0.225 e. The van der Waals surface area contributed by atoms with Crippen molar-refractivity contribution in [3.8, 4) is 0 Å². The van der Waals surface area contributed by atoms with Crippen molar-refractivity contribution >= 4 is 21.6 Å². The van der Waals surface area contributed by atoms with Crippen LogP contribution in [0.3, 0.4) is 0 Å². The molecule has 0 aliphatic carbocycles. The molecule has 0 spiro atoms. The van der Waals surface area contributed by atoms with Crippen LogP contribution < -0.4 is 4.90 Å². The van der Waals surface area contributed by atoms with E-state index in [-0.39, 0.29) is 17.6 Å². The number of amides is 1. The Kier molecular flexibility index (Phi) is 6.46. The van der Waals surface area contributed by atoms with Gasteiger partial charge in [-0.2, -0.15) is 0 Å². The number of piperidine rings is 1. The van der Waals surface area contributed by atoms with E-state index < -0.39 is 10.0 Å². The summed E-state index contributed by atoms with van der Waals surface area (Å²) in [6.07, 6.45) is 1.20. The third-order valence-corrected chi connectivity index (χ3v) is 6.69. The maximum atomic E-state index is 12.7. The van der Waals surface area contributed by atoms with Gasteiger partial charge in [0.2, 0.25) is 15.9 Å². The van der Waals surface area contributed by atoms with Crippen molar-refractivity contribution in [1.82, 2.24) is 9.21 Å². The smallest absolute Gasteiger partial charge is 0.225 e. The Bertz CT molecular complexity index is 678. The summed E-state index contributed by atoms with van der Waals surface area (Å²) < 4.78 is 25.3. The Labute approximate surface area is 151 Å². The highest BCUT2D eigenvalue weighted by atomic mass is 32.2. The molecule has 2 rings (SSSR count). The van der Waals surface area contributed by atoms with Gasteiger partial charge < -0.3 is 9.80 Å². The molecule has 0 radical (unpaired) electrons. The van der Waals surface area contributed by atoms with Crippen LogP contribution in [0.1, 0.15) is 25.3 Å². The number of anilines is 1. The number of hydrogen-bond acceptors (Lipinski definition) is 4. The van der Waals surface area contributed by atoms with Crippen LogP contribution in [0.4, 0.5) is 5.69 Å². The highest BCUT2D eigenvalue weighted by Gasteiger charge is 2.31. The van der Waals surface area contributed by atoms with Crippen molar-refractivity contribution in [3.05, 3.63) is 29.8 Å². The fourth-order valence-electron chi connectivity index (χ4n) is 3.13.